The predicted molar refractivity (Wildman–Crippen MR) is 86.7 cm³/mol. The van der Waals surface area contributed by atoms with Crippen molar-refractivity contribution >= 4 is 0 Å². The first-order valence-electron chi connectivity index (χ1n) is 8.05. The number of aryl methyl sites for hydroxylation is 1. The first-order valence-corrected chi connectivity index (χ1v) is 8.05. The van der Waals surface area contributed by atoms with E-state index < -0.39 is 0 Å². The maximum absolute atomic E-state index is 6.30. The molecule has 0 bridgehead atoms. The van der Waals surface area contributed by atoms with Crippen LogP contribution in [0.25, 0.3) is 0 Å². The minimum absolute atomic E-state index is 0.174. The Bertz CT molecular complexity index is 417. The first kappa shape index (κ1) is 15.5. The highest BCUT2D eigenvalue weighted by molar-refractivity contribution is 5.26. The Balaban J connectivity index is 2.11. The summed E-state index contributed by atoms with van der Waals surface area (Å²) in [6.07, 6.45) is 2.62. The van der Waals surface area contributed by atoms with Crippen LogP contribution in [-0.4, -0.2) is 24.0 Å². The average Bonchev–Trinajstić information content (AvgIpc) is 2.39. The van der Waals surface area contributed by atoms with Crippen LogP contribution in [0.5, 0.6) is 0 Å². The Hall–Kier alpha value is -0.860. The summed E-state index contributed by atoms with van der Waals surface area (Å²) in [7, 11) is 0. The van der Waals surface area contributed by atoms with Crippen molar-refractivity contribution < 1.29 is 0 Å². The van der Waals surface area contributed by atoms with Gasteiger partial charge in [0.05, 0.1) is 0 Å². The number of piperidine rings is 1. The number of nitrogens with two attached hydrogens (primary N) is 1. The topological polar surface area (TPSA) is 29.3 Å². The van der Waals surface area contributed by atoms with Crippen LogP contribution in [0.4, 0.5) is 0 Å². The van der Waals surface area contributed by atoms with Crippen molar-refractivity contribution in [3.63, 3.8) is 0 Å². The van der Waals surface area contributed by atoms with Gasteiger partial charge in [0.25, 0.3) is 0 Å². The summed E-state index contributed by atoms with van der Waals surface area (Å²) in [5.74, 6) is 1.70. The highest BCUT2D eigenvalue weighted by Crippen LogP contribution is 2.31. The van der Waals surface area contributed by atoms with Crippen molar-refractivity contribution in [1.29, 1.82) is 0 Å². The lowest BCUT2D eigenvalue weighted by molar-refractivity contribution is 0.103. The molecule has 2 unspecified atom stereocenters. The van der Waals surface area contributed by atoms with Gasteiger partial charge in [-0.05, 0) is 57.2 Å². The lowest BCUT2D eigenvalue weighted by Gasteiger charge is -2.40. The second-order valence-corrected chi connectivity index (χ2v) is 6.84. The second-order valence-electron chi connectivity index (χ2n) is 6.84. The van der Waals surface area contributed by atoms with Crippen LogP contribution in [0.2, 0.25) is 0 Å². The number of hydrogen-bond donors (Lipinski definition) is 1. The molecule has 1 aromatic rings. The standard InChI is InChI=1S/C18H30N2/c1-13(2)16-8-10-20(11-9-16)18(15(4)19)17-7-5-6-14(3)12-17/h5-7,12-13,15-16,18H,8-11,19H2,1-4H3. The summed E-state index contributed by atoms with van der Waals surface area (Å²) in [6.45, 7) is 11.4. The van der Waals surface area contributed by atoms with E-state index >= 15 is 0 Å². The zero-order chi connectivity index (χ0) is 14.7. The van der Waals surface area contributed by atoms with Gasteiger partial charge in [0, 0.05) is 12.1 Å². The Morgan fingerprint density at radius 2 is 1.80 bits per heavy atom. The van der Waals surface area contributed by atoms with Crippen molar-refractivity contribution in [2.24, 2.45) is 17.6 Å². The van der Waals surface area contributed by atoms with Gasteiger partial charge in [-0.1, -0.05) is 43.7 Å². The van der Waals surface area contributed by atoms with Gasteiger partial charge in [-0.25, -0.2) is 0 Å². The van der Waals surface area contributed by atoms with Gasteiger partial charge >= 0.3 is 0 Å². The molecule has 1 aliphatic heterocycles. The Labute approximate surface area is 124 Å². The summed E-state index contributed by atoms with van der Waals surface area (Å²) in [5, 5.41) is 0. The van der Waals surface area contributed by atoms with Gasteiger partial charge in [0.15, 0.2) is 0 Å². The van der Waals surface area contributed by atoms with E-state index in [1.165, 1.54) is 37.1 Å². The van der Waals surface area contributed by atoms with Crippen LogP contribution in [-0.2, 0) is 0 Å². The fourth-order valence-electron chi connectivity index (χ4n) is 3.57. The van der Waals surface area contributed by atoms with Crippen molar-refractivity contribution in [3.8, 4) is 0 Å². The molecule has 0 amide bonds. The number of benzene rings is 1. The molecule has 0 aromatic heterocycles. The molecule has 0 radical (unpaired) electrons. The van der Waals surface area contributed by atoms with E-state index in [1.54, 1.807) is 0 Å². The van der Waals surface area contributed by atoms with Crippen LogP contribution < -0.4 is 5.73 Å². The van der Waals surface area contributed by atoms with E-state index in [2.05, 4.69) is 56.9 Å². The normalized spacial score (nSPS) is 21.1. The lowest BCUT2D eigenvalue weighted by atomic mass is 9.85. The molecule has 112 valence electrons. The third kappa shape index (κ3) is 3.62. The molecular formula is C18H30N2. The molecule has 2 heteroatoms. The molecule has 0 saturated carbocycles. The molecule has 20 heavy (non-hydrogen) atoms. The zero-order valence-corrected chi connectivity index (χ0v) is 13.5. The van der Waals surface area contributed by atoms with E-state index in [1.807, 2.05) is 0 Å². The SMILES string of the molecule is Cc1cccc(C(C(C)N)N2CCC(C(C)C)CC2)c1. The summed E-state index contributed by atoms with van der Waals surface area (Å²) in [4.78, 5) is 2.60. The van der Waals surface area contributed by atoms with Crippen LogP contribution in [0.15, 0.2) is 24.3 Å². The summed E-state index contributed by atoms with van der Waals surface area (Å²) >= 11 is 0. The van der Waals surface area contributed by atoms with E-state index in [0.717, 1.165) is 11.8 Å². The Morgan fingerprint density at radius 1 is 1.15 bits per heavy atom. The Morgan fingerprint density at radius 3 is 2.30 bits per heavy atom. The molecule has 2 nitrogen and oxygen atoms in total. The molecular weight excluding hydrogens is 244 g/mol. The number of likely N-dealkylation sites (tertiary alicyclic amines) is 1. The summed E-state index contributed by atoms with van der Waals surface area (Å²) in [5.41, 5.74) is 9.00. The lowest BCUT2D eigenvalue weighted by Crippen LogP contribution is -2.44. The predicted octanol–water partition coefficient (Wildman–Crippen LogP) is 3.75. The largest absolute Gasteiger partial charge is 0.326 e. The van der Waals surface area contributed by atoms with Crippen molar-refractivity contribution in [3.05, 3.63) is 35.4 Å². The van der Waals surface area contributed by atoms with E-state index in [0.29, 0.717) is 6.04 Å². The maximum Gasteiger partial charge on any atom is 0.0496 e. The molecule has 1 fully saturated rings. The van der Waals surface area contributed by atoms with Gasteiger partial charge in [-0.2, -0.15) is 0 Å². The quantitative estimate of drug-likeness (QED) is 0.906. The molecule has 0 aliphatic carbocycles. The monoisotopic (exact) mass is 274 g/mol. The average molecular weight is 274 g/mol. The zero-order valence-electron chi connectivity index (χ0n) is 13.5. The van der Waals surface area contributed by atoms with Gasteiger partial charge < -0.3 is 5.73 Å². The van der Waals surface area contributed by atoms with E-state index in [4.69, 9.17) is 5.73 Å². The van der Waals surface area contributed by atoms with Gasteiger partial charge in [-0.3, -0.25) is 4.90 Å². The van der Waals surface area contributed by atoms with Crippen LogP contribution in [0.1, 0.15) is 50.8 Å². The smallest absolute Gasteiger partial charge is 0.0496 e. The highest BCUT2D eigenvalue weighted by Gasteiger charge is 2.29. The van der Waals surface area contributed by atoms with Gasteiger partial charge in [-0.15, -0.1) is 0 Å². The molecule has 2 rings (SSSR count). The number of hydrogen-bond acceptors (Lipinski definition) is 2. The minimum atomic E-state index is 0.174. The third-order valence-electron chi connectivity index (χ3n) is 4.79. The second kappa shape index (κ2) is 6.73. The summed E-state index contributed by atoms with van der Waals surface area (Å²) in [6, 6.07) is 9.38. The molecule has 0 spiro atoms. The molecule has 2 N–H and O–H groups in total. The van der Waals surface area contributed by atoms with Gasteiger partial charge in [0.2, 0.25) is 0 Å². The molecule has 1 heterocycles. The maximum atomic E-state index is 6.30. The molecule has 1 aromatic carbocycles. The number of nitrogens with zero attached hydrogens (tertiary/aromatic N) is 1. The van der Waals surface area contributed by atoms with E-state index in [-0.39, 0.29) is 6.04 Å². The van der Waals surface area contributed by atoms with Crippen molar-refractivity contribution in [2.45, 2.75) is 52.6 Å². The van der Waals surface area contributed by atoms with Crippen LogP contribution >= 0.6 is 0 Å². The van der Waals surface area contributed by atoms with Gasteiger partial charge in [0.1, 0.15) is 0 Å². The minimum Gasteiger partial charge on any atom is -0.326 e. The van der Waals surface area contributed by atoms with Crippen LogP contribution in [0.3, 0.4) is 0 Å². The summed E-state index contributed by atoms with van der Waals surface area (Å²) < 4.78 is 0. The number of rotatable bonds is 4. The third-order valence-corrected chi connectivity index (χ3v) is 4.79. The van der Waals surface area contributed by atoms with E-state index in [9.17, 15) is 0 Å². The first-order chi connectivity index (χ1) is 9.49. The fourth-order valence-corrected chi connectivity index (χ4v) is 3.57. The molecule has 1 aliphatic rings. The highest BCUT2D eigenvalue weighted by atomic mass is 15.2. The Kier molecular flexibility index (Phi) is 5.22. The molecule has 2 atom stereocenters. The van der Waals surface area contributed by atoms with Crippen molar-refractivity contribution in [1.82, 2.24) is 4.90 Å². The molecule has 1 saturated heterocycles. The van der Waals surface area contributed by atoms with Crippen LogP contribution in [0, 0.1) is 18.8 Å². The van der Waals surface area contributed by atoms with Crippen molar-refractivity contribution in [2.75, 3.05) is 13.1 Å². The fraction of sp³-hybridized carbons (Fsp3) is 0.667.